The molecule has 13 heteroatoms. The van der Waals surface area contributed by atoms with Crippen molar-refractivity contribution in [2.24, 2.45) is 4.99 Å². The third-order valence-corrected chi connectivity index (χ3v) is 7.81. The summed E-state index contributed by atoms with van der Waals surface area (Å²) in [5, 5.41) is 0.180. The summed E-state index contributed by atoms with van der Waals surface area (Å²) in [6, 6.07) is 22.7. The summed E-state index contributed by atoms with van der Waals surface area (Å²) < 4.78 is 32.1. The van der Waals surface area contributed by atoms with E-state index >= 15 is 0 Å². The Morgan fingerprint density at radius 1 is 0.574 bits per heavy atom. The number of hydrogen-bond donors (Lipinski definition) is 0. The number of nitrogens with zero attached hydrogens (tertiary/aromatic N) is 1. The molecule has 0 spiro atoms. The lowest BCUT2D eigenvalue weighted by Crippen LogP contribution is -2.09. The second-order valence-corrected chi connectivity index (χ2v) is 12.1. The van der Waals surface area contributed by atoms with Gasteiger partial charge in [0.25, 0.3) is 0 Å². The molecule has 4 aromatic rings. The van der Waals surface area contributed by atoms with E-state index in [-0.39, 0.29) is 28.0 Å². The van der Waals surface area contributed by atoms with Crippen molar-refractivity contribution >= 4 is 59.0 Å². The molecule has 0 atom stereocenters. The molecule has 0 saturated heterocycles. The number of ether oxygens (including phenoxy) is 6. The SMILES string of the molecule is C=CC(=O)OCCCCOc1ccc(C(=O)Oc2ccc(C=Nc3cc(Cl)c(OC(=O)c4ccc(OCCCCOC(=O)C=C)cc4)c(Cl)c3)cc2)cc1. The molecule has 280 valence electrons. The molecule has 0 bridgehead atoms. The molecule has 4 aromatic carbocycles. The van der Waals surface area contributed by atoms with Gasteiger partial charge in [-0.2, -0.15) is 0 Å². The second-order valence-electron chi connectivity index (χ2n) is 11.2. The minimum absolute atomic E-state index is 0.00574. The van der Waals surface area contributed by atoms with Gasteiger partial charge in [-0.05, 0) is 116 Å². The summed E-state index contributed by atoms with van der Waals surface area (Å²) in [6.45, 7) is 8.11. The maximum absolute atomic E-state index is 12.8. The largest absolute Gasteiger partial charge is 0.494 e. The number of rotatable bonds is 20. The first kappa shape index (κ1) is 40.9. The monoisotopic (exact) mass is 773 g/mol. The van der Waals surface area contributed by atoms with Crippen molar-refractivity contribution in [3.8, 4) is 23.0 Å². The minimum atomic E-state index is -0.661. The van der Waals surface area contributed by atoms with Gasteiger partial charge in [0.2, 0.25) is 0 Å². The maximum Gasteiger partial charge on any atom is 0.343 e. The lowest BCUT2D eigenvalue weighted by molar-refractivity contribution is -0.138. The highest BCUT2D eigenvalue weighted by Crippen LogP contribution is 2.37. The van der Waals surface area contributed by atoms with Crippen LogP contribution in [0.1, 0.15) is 52.0 Å². The zero-order valence-corrected chi connectivity index (χ0v) is 30.7. The van der Waals surface area contributed by atoms with Gasteiger partial charge < -0.3 is 28.4 Å². The van der Waals surface area contributed by atoms with Crippen LogP contribution in [0.2, 0.25) is 10.0 Å². The fourth-order valence-corrected chi connectivity index (χ4v) is 4.99. The minimum Gasteiger partial charge on any atom is -0.494 e. The molecule has 0 fully saturated rings. The number of hydrogen-bond acceptors (Lipinski definition) is 11. The Balaban J connectivity index is 1.22. The molecule has 54 heavy (non-hydrogen) atoms. The lowest BCUT2D eigenvalue weighted by Gasteiger charge is -2.10. The fourth-order valence-electron chi connectivity index (χ4n) is 4.43. The van der Waals surface area contributed by atoms with Crippen LogP contribution in [0.25, 0.3) is 0 Å². The summed E-state index contributed by atoms with van der Waals surface area (Å²) in [4.78, 5) is 52.0. The molecule has 0 amide bonds. The summed E-state index contributed by atoms with van der Waals surface area (Å²) in [5.41, 5.74) is 1.74. The van der Waals surface area contributed by atoms with Crippen LogP contribution < -0.4 is 18.9 Å². The van der Waals surface area contributed by atoms with Gasteiger partial charge in [0, 0.05) is 18.4 Å². The Labute approximate surface area is 322 Å². The first-order chi connectivity index (χ1) is 26.1. The first-order valence-corrected chi connectivity index (χ1v) is 17.5. The van der Waals surface area contributed by atoms with Gasteiger partial charge in [-0.15, -0.1) is 0 Å². The van der Waals surface area contributed by atoms with Gasteiger partial charge in [-0.1, -0.05) is 36.4 Å². The van der Waals surface area contributed by atoms with E-state index in [1.165, 1.54) is 12.1 Å². The van der Waals surface area contributed by atoms with Crippen LogP contribution in [0.4, 0.5) is 5.69 Å². The Hall–Kier alpha value is -5.91. The van der Waals surface area contributed by atoms with E-state index in [0.717, 1.165) is 12.2 Å². The van der Waals surface area contributed by atoms with Crippen LogP contribution in [-0.4, -0.2) is 56.5 Å². The standard InChI is InChI=1S/C41H37Cl2NO10/c1-3-37(45)51-23-7-5-21-49-32-17-11-29(12-18-32)40(47)53-34-15-9-28(10-16-34)27-44-31-25-35(42)39(36(43)26-31)54-41(48)30-13-19-33(20-14-30)50-22-6-8-24-52-38(46)4-2/h3-4,9-20,25-27H,1-2,5-8,21-24H2. The molecule has 0 unspecified atom stereocenters. The normalized spacial score (nSPS) is 10.6. The molecule has 4 rings (SSSR count). The highest BCUT2D eigenvalue weighted by Gasteiger charge is 2.16. The number of unbranched alkanes of at least 4 members (excludes halogenated alkanes) is 2. The number of benzene rings is 4. The van der Waals surface area contributed by atoms with Crippen molar-refractivity contribution in [2.45, 2.75) is 25.7 Å². The Morgan fingerprint density at radius 2 is 1.00 bits per heavy atom. The van der Waals surface area contributed by atoms with E-state index in [1.54, 1.807) is 79.0 Å². The number of halogens is 2. The number of esters is 4. The van der Waals surface area contributed by atoms with Crippen LogP contribution in [0, 0.1) is 0 Å². The van der Waals surface area contributed by atoms with Gasteiger partial charge in [0.05, 0.1) is 53.3 Å². The average molecular weight is 775 g/mol. The van der Waals surface area contributed by atoms with Gasteiger partial charge in [0.15, 0.2) is 5.75 Å². The van der Waals surface area contributed by atoms with E-state index in [1.807, 2.05) is 0 Å². The van der Waals surface area contributed by atoms with E-state index < -0.39 is 23.9 Å². The Bertz CT molecular complexity index is 1920. The third-order valence-electron chi connectivity index (χ3n) is 7.25. The van der Waals surface area contributed by atoms with Crippen molar-refractivity contribution in [1.29, 1.82) is 0 Å². The smallest absolute Gasteiger partial charge is 0.343 e. The molecule has 0 saturated carbocycles. The highest BCUT2D eigenvalue weighted by molar-refractivity contribution is 6.37. The van der Waals surface area contributed by atoms with Crippen LogP contribution in [0.3, 0.4) is 0 Å². The van der Waals surface area contributed by atoms with Crippen molar-refractivity contribution in [1.82, 2.24) is 0 Å². The molecule has 0 aliphatic carbocycles. The molecule has 0 aromatic heterocycles. The zero-order valence-electron chi connectivity index (χ0n) is 29.2. The van der Waals surface area contributed by atoms with Crippen LogP contribution in [0.5, 0.6) is 23.0 Å². The van der Waals surface area contributed by atoms with Gasteiger partial charge in [-0.25, -0.2) is 19.2 Å². The van der Waals surface area contributed by atoms with Gasteiger partial charge >= 0.3 is 23.9 Å². The quantitative estimate of drug-likeness (QED) is 0.0281. The van der Waals surface area contributed by atoms with E-state index in [9.17, 15) is 19.2 Å². The van der Waals surface area contributed by atoms with Gasteiger partial charge in [-0.3, -0.25) is 4.99 Å². The van der Waals surface area contributed by atoms with Crippen molar-refractivity contribution < 1.29 is 47.6 Å². The fraction of sp³-hybridized carbons (Fsp3) is 0.195. The van der Waals surface area contributed by atoms with E-state index in [2.05, 4.69) is 18.2 Å². The first-order valence-electron chi connectivity index (χ1n) is 16.8. The number of aliphatic imine (C=N–C) groups is 1. The number of carbonyl (C=O) groups excluding carboxylic acids is 4. The van der Waals surface area contributed by atoms with Crippen molar-refractivity contribution in [2.75, 3.05) is 26.4 Å². The molecule has 11 nitrogen and oxygen atoms in total. The average Bonchev–Trinajstić information content (AvgIpc) is 3.18. The Morgan fingerprint density at radius 3 is 1.46 bits per heavy atom. The third kappa shape index (κ3) is 13.6. The lowest BCUT2D eigenvalue weighted by atomic mass is 10.2. The molecular formula is C41H37Cl2NO10. The summed E-state index contributed by atoms with van der Waals surface area (Å²) in [6.07, 6.45) is 6.47. The maximum atomic E-state index is 12.8. The second kappa shape index (κ2) is 21.6. The predicted octanol–water partition coefficient (Wildman–Crippen LogP) is 8.96. The van der Waals surface area contributed by atoms with Crippen LogP contribution in [-0.2, 0) is 19.1 Å². The summed E-state index contributed by atoms with van der Waals surface area (Å²) >= 11 is 12.8. The molecule has 0 aliphatic heterocycles. The summed E-state index contributed by atoms with van der Waals surface area (Å²) in [5.74, 6) is -0.608. The molecule has 0 N–H and O–H groups in total. The molecular weight excluding hydrogens is 737 g/mol. The van der Waals surface area contributed by atoms with Crippen LogP contribution >= 0.6 is 23.2 Å². The number of carbonyl (C=O) groups is 4. The summed E-state index contributed by atoms with van der Waals surface area (Å²) in [7, 11) is 0. The molecule has 0 aliphatic rings. The Kier molecular flexibility index (Phi) is 16.3. The molecule has 0 radical (unpaired) electrons. The van der Waals surface area contributed by atoms with Crippen LogP contribution in [0.15, 0.2) is 115 Å². The van der Waals surface area contributed by atoms with E-state index in [4.69, 9.17) is 51.6 Å². The van der Waals surface area contributed by atoms with Crippen molar-refractivity contribution in [3.63, 3.8) is 0 Å². The topological polar surface area (TPSA) is 136 Å². The van der Waals surface area contributed by atoms with E-state index in [0.29, 0.717) is 79.6 Å². The highest BCUT2D eigenvalue weighted by atomic mass is 35.5. The molecule has 0 heterocycles. The predicted molar refractivity (Wildman–Crippen MR) is 205 cm³/mol. The van der Waals surface area contributed by atoms with Crippen molar-refractivity contribution in [3.05, 3.63) is 137 Å². The van der Waals surface area contributed by atoms with Gasteiger partial charge in [0.1, 0.15) is 17.2 Å². The zero-order chi connectivity index (χ0) is 38.7.